The molecule has 0 fully saturated rings. The van der Waals surface area contributed by atoms with Crippen LogP contribution < -0.4 is 5.32 Å². The molecule has 0 bridgehead atoms. The van der Waals surface area contributed by atoms with Crippen LogP contribution in [0.2, 0.25) is 10.0 Å². The number of methoxy groups -OCH3 is 1. The largest absolute Gasteiger partial charge is 0.383 e. The van der Waals surface area contributed by atoms with Gasteiger partial charge in [0.1, 0.15) is 10.0 Å². The Balaban J connectivity index is 2.06. The average molecular weight is 318 g/mol. The van der Waals surface area contributed by atoms with Gasteiger partial charge in [-0.15, -0.1) is 10.2 Å². The van der Waals surface area contributed by atoms with Gasteiger partial charge in [-0.3, -0.25) is 0 Å². The molecule has 1 N–H and O–H groups in total. The minimum atomic E-state index is 0.513. The van der Waals surface area contributed by atoms with E-state index in [9.17, 15) is 0 Å². The first kappa shape index (κ1) is 14.7. The summed E-state index contributed by atoms with van der Waals surface area (Å²) in [6.07, 6.45) is 0. The minimum absolute atomic E-state index is 0.513. The molecule has 0 amide bonds. The van der Waals surface area contributed by atoms with Crippen LogP contribution in [0, 0.1) is 0 Å². The molecule has 0 radical (unpaired) electrons. The zero-order valence-corrected chi connectivity index (χ0v) is 12.6. The van der Waals surface area contributed by atoms with Crippen LogP contribution in [0.4, 0.5) is 0 Å². The van der Waals surface area contributed by atoms with E-state index in [0.29, 0.717) is 23.2 Å². The van der Waals surface area contributed by atoms with Crippen molar-refractivity contribution in [2.24, 2.45) is 0 Å². The second-order valence-electron chi connectivity index (χ2n) is 3.77. The molecule has 4 nitrogen and oxygen atoms in total. The molecule has 102 valence electrons. The number of nitrogens with one attached hydrogen (secondary N) is 1. The summed E-state index contributed by atoms with van der Waals surface area (Å²) in [6, 6.07) is 5.49. The van der Waals surface area contributed by atoms with Crippen LogP contribution in [0.1, 0.15) is 5.01 Å². The lowest BCUT2D eigenvalue weighted by atomic mass is 10.2. The van der Waals surface area contributed by atoms with E-state index < -0.39 is 0 Å². The van der Waals surface area contributed by atoms with Crippen LogP contribution in [-0.4, -0.2) is 30.5 Å². The zero-order chi connectivity index (χ0) is 13.7. The highest BCUT2D eigenvalue weighted by atomic mass is 35.5. The van der Waals surface area contributed by atoms with Gasteiger partial charge in [-0.05, 0) is 6.07 Å². The summed E-state index contributed by atoms with van der Waals surface area (Å²) < 4.78 is 4.96. The Morgan fingerprint density at radius 1 is 1.32 bits per heavy atom. The second kappa shape index (κ2) is 7.17. The van der Waals surface area contributed by atoms with E-state index in [1.807, 2.05) is 12.1 Å². The molecule has 0 aliphatic rings. The maximum absolute atomic E-state index is 6.16. The van der Waals surface area contributed by atoms with Gasteiger partial charge in [0, 0.05) is 25.8 Å². The number of hydrogen-bond donors (Lipinski definition) is 1. The molecule has 0 saturated heterocycles. The van der Waals surface area contributed by atoms with E-state index >= 15 is 0 Å². The first-order chi connectivity index (χ1) is 9.22. The summed E-state index contributed by atoms with van der Waals surface area (Å²) in [5.74, 6) is 0. The Hall–Kier alpha value is -0.720. The summed E-state index contributed by atoms with van der Waals surface area (Å²) in [5, 5.41) is 14.2. The third kappa shape index (κ3) is 3.87. The van der Waals surface area contributed by atoms with E-state index in [0.717, 1.165) is 22.1 Å². The lowest BCUT2D eigenvalue weighted by Crippen LogP contribution is -2.18. The molecular formula is C12H13Cl2N3OS. The zero-order valence-electron chi connectivity index (χ0n) is 10.3. The maximum atomic E-state index is 6.16. The number of ether oxygens (including phenoxy) is 1. The predicted octanol–water partition coefficient (Wildman–Crippen LogP) is 3.25. The Morgan fingerprint density at radius 2 is 2.16 bits per heavy atom. The average Bonchev–Trinajstić information content (AvgIpc) is 2.87. The highest BCUT2D eigenvalue weighted by Gasteiger charge is 2.11. The van der Waals surface area contributed by atoms with Gasteiger partial charge in [-0.25, -0.2) is 0 Å². The third-order valence-corrected chi connectivity index (χ3v) is 4.18. The van der Waals surface area contributed by atoms with Gasteiger partial charge in [-0.2, -0.15) is 0 Å². The van der Waals surface area contributed by atoms with Crippen LogP contribution in [0.3, 0.4) is 0 Å². The summed E-state index contributed by atoms with van der Waals surface area (Å²) in [6.45, 7) is 2.12. The lowest BCUT2D eigenvalue weighted by molar-refractivity contribution is 0.199. The fourth-order valence-corrected chi connectivity index (χ4v) is 2.76. The predicted molar refractivity (Wildman–Crippen MR) is 78.9 cm³/mol. The SMILES string of the molecule is COCCNCc1nnc(-c2cccc(Cl)c2Cl)s1. The van der Waals surface area contributed by atoms with Crippen LogP contribution in [-0.2, 0) is 11.3 Å². The topological polar surface area (TPSA) is 47.0 Å². The van der Waals surface area contributed by atoms with Crippen molar-refractivity contribution in [1.29, 1.82) is 0 Å². The normalized spacial score (nSPS) is 10.9. The standard InChI is InChI=1S/C12H13Cl2N3OS/c1-18-6-5-15-7-10-16-17-12(19-10)8-3-2-4-9(13)11(8)14/h2-4,15H,5-7H2,1H3. The fraction of sp³-hybridized carbons (Fsp3) is 0.333. The summed E-state index contributed by atoms with van der Waals surface area (Å²) >= 11 is 13.6. The van der Waals surface area contributed by atoms with Crippen molar-refractivity contribution in [2.45, 2.75) is 6.54 Å². The Labute approximate surface area is 125 Å². The molecule has 7 heteroatoms. The summed E-state index contributed by atoms with van der Waals surface area (Å²) in [5.41, 5.74) is 0.815. The molecule has 2 aromatic rings. The van der Waals surface area contributed by atoms with E-state index in [1.165, 1.54) is 11.3 Å². The molecule has 1 aromatic carbocycles. The van der Waals surface area contributed by atoms with Crippen molar-refractivity contribution < 1.29 is 4.74 Å². The number of hydrogen-bond acceptors (Lipinski definition) is 5. The first-order valence-corrected chi connectivity index (χ1v) is 7.26. The Morgan fingerprint density at radius 3 is 2.95 bits per heavy atom. The molecule has 0 saturated carbocycles. The van der Waals surface area contributed by atoms with Gasteiger partial charge >= 0.3 is 0 Å². The molecule has 2 rings (SSSR count). The maximum Gasteiger partial charge on any atom is 0.149 e. The number of aromatic nitrogens is 2. The minimum Gasteiger partial charge on any atom is -0.383 e. The monoisotopic (exact) mass is 317 g/mol. The van der Waals surface area contributed by atoms with Gasteiger partial charge in [-0.1, -0.05) is 46.7 Å². The van der Waals surface area contributed by atoms with Crippen LogP contribution in [0.25, 0.3) is 10.6 Å². The van der Waals surface area contributed by atoms with E-state index in [1.54, 1.807) is 13.2 Å². The molecule has 1 aromatic heterocycles. The number of halogens is 2. The molecule has 1 heterocycles. The molecule has 0 aliphatic carbocycles. The number of nitrogens with zero attached hydrogens (tertiary/aromatic N) is 2. The van der Waals surface area contributed by atoms with Gasteiger partial charge in [0.25, 0.3) is 0 Å². The van der Waals surface area contributed by atoms with Gasteiger partial charge < -0.3 is 10.1 Å². The van der Waals surface area contributed by atoms with Gasteiger partial charge in [0.05, 0.1) is 16.7 Å². The molecule has 0 atom stereocenters. The fourth-order valence-electron chi connectivity index (χ4n) is 1.47. The highest BCUT2D eigenvalue weighted by molar-refractivity contribution is 7.14. The number of rotatable bonds is 6. The van der Waals surface area contributed by atoms with Crippen LogP contribution in [0.15, 0.2) is 18.2 Å². The van der Waals surface area contributed by atoms with Crippen LogP contribution >= 0.6 is 34.5 Å². The Kier molecular flexibility index (Phi) is 5.54. The molecular weight excluding hydrogens is 305 g/mol. The first-order valence-electron chi connectivity index (χ1n) is 5.69. The Bertz CT molecular complexity index is 548. The molecule has 0 spiro atoms. The number of benzene rings is 1. The molecule has 19 heavy (non-hydrogen) atoms. The van der Waals surface area contributed by atoms with Gasteiger partial charge in [0.2, 0.25) is 0 Å². The summed E-state index contributed by atoms with van der Waals surface area (Å²) in [4.78, 5) is 0. The van der Waals surface area contributed by atoms with Crippen molar-refractivity contribution in [3.8, 4) is 10.6 Å². The van der Waals surface area contributed by atoms with E-state index in [2.05, 4.69) is 15.5 Å². The summed E-state index contributed by atoms with van der Waals surface area (Å²) in [7, 11) is 1.67. The smallest absolute Gasteiger partial charge is 0.149 e. The lowest BCUT2D eigenvalue weighted by Gasteiger charge is -2.01. The third-order valence-electron chi connectivity index (χ3n) is 2.41. The van der Waals surface area contributed by atoms with Crippen molar-refractivity contribution >= 4 is 34.5 Å². The van der Waals surface area contributed by atoms with Crippen molar-refractivity contribution in [3.63, 3.8) is 0 Å². The van der Waals surface area contributed by atoms with Crippen molar-refractivity contribution in [3.05, 3.63) is 33.3 Å². The van der Waals surface area contributed by atoms with E-state index in [4.69, 9.17) is 27.9 Å². The quantitative estimate of drug-likeness (QED) is 0.831. The highest BCUT2D eigenvalue weighted by Crippen LogP contribution is 2.34. The van der Waals surface area contributed by atoms with E-state index in [-0.39, 0.29) is 0 Å². The van der Waals surface area contributed by atoms with Gasteiger partial charge in [0.15, 0.2) is 0 Å². The van der Waals surface area contributed by atoms with Crippen molar-refractivity contribution in [1.82, 2.24) is 15.5 Å². The second-order valence-corrected chi connectivity index (χ2v) is 5.62. The molecule has 0 aliphatic heterocycles. The van der Waals surface area contributed by atoms with Crippen molar-refractivity contribution in [2.75, 3.05) is 20.3 Å². The molecule has 0 unspecified atom stereocenters. The van der Waals surface area contributed by atoms with Crippen LogP contribution in [0.5, 0.6) is 0 Å².